The molecule has 0 atom stereocenters. The van der Waals surface area contributed by atoms with Crippen molar-refractivity contribution in [1.29, 1.82) is 0 Å². The van der Waals surface area contributed by atoms with E-state index >= 15 is 0 Å². The number of carbonyl (C=O) groups excluding carboxylic acids is 1. The number of aromatic nitrogens is 2. The van der Waals surface area contributed by atoms with Gasteiger partial charge in [-0.25, -0.2) is 4.98 Å². The highest BCUT2D eigenvalue weighted by Gasteiger charge is 2.31. The highest BCUT2D eigenvalue weighted by atomic mass is 32.2. The highest BCUT2D eigenvalue weighted by Crippen LogP contribution is 2.32. The van der Waals surface area contributed by atoms with Gasteiger partial charge in [0.1, 0.15) is 15.8 Å². The lowest BCUT2D eigenvalue weighted by Crippen LogP contribution is -2.28. The largest absolute Gasteiger partial charge is 0.382 e. The molecular formula is C21H24N4O3S2. The van der Waals surface area contributed by atoms with E-state index in [4.69, 9.17) is 17.0 Å². The third-order valence-electron chi connectivity index (χ3n) is 4.43. The van der Waals surface area contributed by atoms with Crippen LogP contribution in [0.3, 0.4) is 0 Å². The Labute approximate surface area is 184 Å². The lowest BCUT2D eigenvalue weighted by molar-refractivity contribution is -0.121. The quantitative estimate of drug-likeness (QED) is 0.275. The van der Waals surface area contributed by atoms with Crippen molar-refractivity contribution in [3.05, 3.63) is 57.4 Å². The van der Waals surface area contributed by atoms with E-state index in [0.717, 1.165) is 12.0 Å². The molecule has 1 N–H and O–H groups in total. The number of aryl methyl sites for hydroxylation is 1. The Morgan fingerprint density at radius 1 is 1.37 bits per heavy atom. The van der Waals surface area contributed by atoms with Crippen molar-refractivity contribution in [1.82, 2.24) is 14.3 Å². The van der Waals surface area contributed by atoms with Gasteiger partial charge in [-0.05, 0) is 38.0 Å². The van der Waals surface area contributed by atoms with Crippen LogP contribution >= 0.6 is 24.0 Å². The number of fused-ring (bicyclic) bond motifs is 1. The van der Waals surface area contributed by atoms with Crippen molar-refractivity contribution in [2.75, 3.05) is 31.6 Å². The number of anilines is 1. The number of nitrogens with one attached hydrogen (secondary N) is 1. The van der Waals surface area contributed by atoms with Gasteiger partial charge in [-0.15, -0.1) is 6.58 Å². The molecule has 9 heteroatoms. The Hall–Kier alpha value is -2.49. The number of hydrogen-bond donors (Lipinski definition) is 1. The number of rotatable bonds is 9. The third-order valence-corrected chi connectivity index (χ3v) is 5.81. The van der Waals surface area contributed by atoms with Crippen LogP contribution in [-0.2, 0) is 9.53 Å². The van der Waals surface area contributed by atoms with Gasteiger partial charge >= 0.3 is 0 Å². The molecule has 1 amide bonds. The standard InChI is InChI=1S/C21H24N4O3S2/c1-4-10-24-20(27)16(30-21(24)29)12-15-18(22-9-6-11-28-5-2)23-17-8-7-14(3)13-25(17)19(15)26/h4,7-8,12-13,22H,1,5-6,9-11H2,2-3H3. The Bertz CT molecular complexity index is 1080. The maximum absolute atomic E-state index is 13.3. The maximum Gasteiger partial charge on any atom is 0.267 e. The number of carbonyl (C=O) groups is 1. The lowest BCUT2D eigenvalue weighted by atomic mass is 10.2. The topological polar surface area (TPSA) is 75.9 Å². The molecule has 1 fully saturated rings. The summed E-state index contributed by atoms with van der Waals surface area (Å²) in [7, 11) is 0. The van der Waals surface area contributed by atoms with Crippen molar-refractivity contribution in [2.45, 2.75) is 20.3 Å². The van der Waals surface area contributed by atoms with Crippen LogP contribution in [0, 0.1) is 6.92 Å². The van der Waals surface area contributed by atoms with Crippen LogP contribution in [0.4, 0.5) is 5.82 Å². The van der Waals surface area contributed by atoms with Gasteiger partial charge in [-0.1, -0.05) is 36.1 Å². The first-order valence-corrected chi connectivity index (χ1v) is 10.9. The number of hydrogen-bond acceptors (Lipinski definition) is 7. The molecule has 7 nitrogen and oxygen atoms in total. The van der Waals surface area contributed by atoms with Crippen LogP contribution in [0.2, 0.25) is 0 Å². The average Bonchev–Trinajstić information content (AvgIpc) is 2.98. The molecule has 1 aliphatic rings. The Balaban J connectivity index is 2.02. The molecule has 30 heavy (non-hydrogen) atoms. The molecule has 0 bridgehead atoms. The minimum atomic E-state index is -0.245. The molecule has 2 aromatic rings. The van der Waals surface area contributed by atoms with Crippen LogP contribution in [-0.4, -0.2) is 50.8 Å². The van der Waals surface area contributed by atoms with Crippen LogP contribution in [0.1, 0.15) is 24.5 Å². The van der Waals surface area contributed by atoms with E-state index in [1.54, 1.807) is 24.4 Å². The summed E-state index contributed by atoms with van der Waals surface area (Å²) >= 11 is 6.47. The normalized spacial score (nSPS) is 15.4. The predicted molar refractivity (Wildman–Crippen MR) is 126 cm³/mol. The molecule has 0 saturated carbocycles. The van der Waals surface area contributed by atoms with Gasteiger partial charge in [0.2, 0.25) is 0 Å². The molecule has 3 heterocycles. The minimum Gasteiger partial charge on any atom is -0.382 e. The second-order valence-corrected chi connectivity index (χ2v) is 8.35. The molecule has 158 valence electrons. The first-order valence-electron chi connectivity index (χ1n) is 9.67. The Morgan fingerprint density at radius 2 is 2.17 bits per heavy atom. The number of amides is 1. The number of pyridine rings is 1. The van der Waals surface area contributed by atoms with Gasteiger partial charge in [0.25, 0.3) is 11.5 Å². The van der Waals surface area contributed by atoms with Crippen molar-refractivity contribution in [3.63, 3.8) is 0 Å². The monoisotopic (exact) mass is 444 g/mol. The van der Waals surface area contributed by atoms with E-state index < -0.39 is 0 Å². The number of thiocarbonyl (C=S) groups is 1. The fourth-order valence-electron chi connectivity index (χ4n) is 2.97. The summed E-state index contributed by atoms with van der Waals surface area (Å²) in [5.41, 5.74) is 1.56. The number of nitrogens with zero attached hydrogens (tertiary/aromatic N) is 3. The first-order chi connectivity index (χ1) is 14.5. The summed E-state index contributed by atoms with van der Waals surface area (Å²) in [6.45, 7) is 9.71. The predicted octanol–water partition coefficient (Wildman–Crippen LogP) is 3.23. The van der Waals surface area contributed by atoms with Crippen LogP contribution in [0.25, 0.3) is 11.7 Å². The maximum atomic E-state index is 13.3. The second-order valence-electron chi connectivity index (χ2n) is 6.67. The van der Waals surface area contributed by atoms with Gasteiger partial charge in [0.05, 0.1) is 10.5 Å². The van der Waals surface area contributed by atoms with Gasteiger partial charge in [-0.3, -0.25) is 18.9 Å². The smallest absolute Gasteiger partial charge is 0.267 e. The zero-order valence-electron chi connectivity index (χ0n) is 17.0. The molecule has 1 aliphatic heterocycles. The summed E-state index contributed by atoms with van der Waals surface area (Å²) in [5.74, 6) is 0.204. The van der Waals surface area contributed by atoms with E-state index in [1.165, 1.54) is 21.1 Å². The summed E-state index contributed by atoms with van der Waals surface area (Å²) in [4.78, 5) is 32.4. The minimum absolute atomic E-state index is 0.235. The van der Waals surface area contributed by atoms with E-state index in [9.17, 15) is 9.59 Å². The lowest BCUT2D eigenvalue weighted by Gasteiger charge is -2.12. The van der Waals surface area contributed by atoms with Crippen molar-refractivity contribution < 1.29 is 9.53 Å². The molecule has 3 rings (SSSR count). The zero-order chi connectivity index (χ0) is 21.7. The summed E-state index contributed by atoms with van der Waals surface area (Å²) in [5, 5.41) is 3.22. The zero-order valence-corrected chi connectivity index (χ0v) is 18.6. The van der Waals surface area contributed by atoms with Crippen LogP contribution in [0.15, 0.2) is 40.7 Å². The van der Waals surface area contributed by atoms with Gasteiger partial charge in [0.15, 0.2) is 0 Å². The highest BCUT2D eigenvalue weighted by molar-refractivity contribution is 8.26. The van der Waals surface area contributed by atoms with Gasteiger partial charge < -0.3 is 10.1 Å². The number of ether oxygens (including phenoxy) is 1. The van der Waals surface area contributed by atoms with E-state index in [0.29, 0.717) is 52.6 Å². The van der Waals surface area contributed by atoms with Crippen molar-refractivity contribution in [2.24, 2.45) is 0 Å². The Kier molecular flexibility index (Phi) is 7.41. The molecule has 0 radical (unpaired) electrons. The molecule has 0 aliphatic carbocycles. The SMILES string of the molecule is C=CCN1C(=O)C(=Cc2c(NCCCOCC)nc3ccc(C)cn3c2=O)SC1=S. The summed E-state index contributed by atoms with van der Waals surface area (Å²) < 4.78 is 7.31. The molecule has 0 aromatic carbocycles. The van der Waals surface area contributed by atoms with Gasteiger partial charge in [-0.2, -0.15) is 0 Å². The second kappa shape index (κ2) is 10.0. The molecule has 2 aromatic heterocycles. The molecule has 1 saturated heterocycles. The summed E-state index contributed by atoms with van der Waals surface area (Å²) in [6, 6.07) is 3.70. The third kappa shape index (κ3) is 4.80. The van der Waals surface area contributed by atoms with Crippen molar-refractivity contribution in [3.8, 4) is 0 Å². The van der Waals surface area contributed by atoms with E-state index in [-0.39, 0.29) is 11.5 Å². The van der Waals surface area contributed by atoms with Crippen LogP contribution < -0.4 is 10.9 Å². The number of thioether (sulfide) groups is 1. The average molecular weight is 445 g/mol. The fourth-order valence-corrected chi connectivity index (χ4v) is 4.22. The summed E-state index contributed by atoms with van der Waals surface area (Å²) in [6.07, 6.45) is 5.71. The van der Waals surface area contributed by atoms with Crippen molar-refractivity contribution >= 4 is 51.7 Å². The Morgan fingerprint density at radius 3 is 2.90 bits per heavy atom. The van der Waals surface area contributed by atoms with E-state index in [1.807, 2.05) is 19.9 Å². The molecule has 0 unspecified atom stereocenters. The van der Waals surface area contributed by atoms with Gasteiger partial charge in [0, 0.05) is 32.5 Å². The van der Waals surface area contributed by atoms with Crippen LogP contribution in [0.5, 0.6) is 0 Å². The fraction of sp³-hybridized carbons (Fsp3) is 0.333. The molecule has 0 spiro atoms. The van der Waals surface area contributed by atoms with E-state index in [2.05, 4.69) is 16.9 Å². The first kappa shape index (κ1) is 22.2. The molecular weight excluding hydrogens is 420 g/mol.